The third-order valence-corrected chi connectivity index (χ3v) is 6.48. The van der Waals surface area contributed by atoms with Gasteiger partial charge in [-0.15, -0.1) is 0 Å². The van der Waals surface area contributed by atoms with E-state index in [9.17, 15) is 9.18 Å². The van der Waals surface area contributed by atoms with Gasteiger partial charge in [0.1, 0.15) is 36.9 Å². The van der Waals surface area contributed by atoms with E-state index in [1.54, 1.807) is 37.4 Å². The molecule has 8 nitrogen and oxygen atoms in total. The third kappa shape index (κ3) is 8.03. The van der Waals surface area contributed by atoms with Crippen molar-refractivity contribution >= 4 is 39.8 Å². The molecular weight excluding hydrogens is 537 g/mol. The number of aromatic nitrogens is 2. The fourth-order valence-electron chi connectivity index (χ4n) is 4.10. The van der Waals surface area contributed by atoms with Crippen molar-refractivity contribution in [2.75, 3.05) is 25.6 Å². The Hall–Kier alpha value is -3.95. The Morgan fingerprint density at radius 2 is 1.82 bits per heavy atom. The maximum atomic E-state index is 13.4. The number of Topliss-reactive ketones (excluding diaryl/α,β-unsaturated/α-hetero) is 1. The Bertz CT molecular complexity index is 1450. The first-order valence-electron chi connectivity index (χ1n) is 13.0. The third-order valence-electron chi connectivity index (χ3n) is 6.18. The highest BCUT2D eigenvalue weighted by Crippen LogP contribution is 2.36. The van der Waals surface area contributed by atoms with Crippen molar-refractivity contribution in [3.63, 3.8) is 0 Å². The average Bonchev–Trinajstić information content (AvgIpc) is 2.96. The number of aliphatic hydroxyl groups excluding tert-OH is 1. The van der Waals surface area contributed by atoms with Crippen LogP contribution in [0.1, 0.15) is 37.7 Å². The number of carbonyl (C=O) groups excluding carboxylic acids is 1. The molecule has 10 heteroatoms. The fraction of sp³-hybridized carbons (Fsp3) is 0.300. The first kappa shape index (κ1) is 29.0. The summed E-state index contributed by atoms with van der Waals surface area (Å²) >= 11 is 6.47. The van der Waals surface area contributed by atoms with Gasteiger partial charge in [-0.3, -0.25) is 4.79 Å². The predicted octanol–water partition coefficient (Wildman–Crippen LogP) is 6.64. The van der Waals surface area contributed by atoms with Crippen LogP contribution < -0.4 is 19.5 Å². The minimum absolute atomic E-state index is 0.129. The minimum atomic E-state index is -0.393. The van der Waals surface area contributed by atoms with E-state index in [2.05, 4.69) is 15.3 Å². The molecule has 0 saturated carbocycles. The molecule has 1 heterocycles. The first-order chi connectivity index (χ1) is 19.5. The quantitative estimate of drug-likeness (QED) is 0.154. The van der Waals surface area contributed by atoms with Gasteiger partial charge in [-0.25, -0.2) is 14.4 Å². The Morgan fingerprint density at radius 1 is 0.975 bits per heavy atom. The number of ketones is 1. The summed E-state index contributed by atoms with van der Waals surface area (Å²) in [7, 11) is 1.58. The van der Waals surface area contributed by atoms with E-state index in [1.165, 1.54) is 18.5 Å². The van der Waals surface area contributed by atoms with Crippen LogP contribution in [0.15, 0.2) is 60.9 Å². The monoisotopic (exact) mass is 567 g/mol. The number of halogens is 2. The van der Waals surface area contributed by atoms with Gasteiger partial charge in [-0.2, -0.15) is 0 Å². The number of nitrogens with one attached hydrogen (secondary N) is 1. The van der Waals surface area contributed by atoms with Crippen molar-refractivity contribution < 1.29 is 28.5 Å². The fourth-order valence-corrected chi connectivity index (χ4v) is 4.33. The first-order valence-corrected chi connectivity index (χ1v) is 13.4. The van der Waals surface area contributed by atoms with E-state index in [0.29, 0.717) is 57.9 Å². The van der Waals surface area contributed by atoms with Crippen LogP contribution in [0.3, 0.4) is 0 Å². The molecule has 1 aromatic heterocycles. The average molecular weight is 568 g/mol. The number of anilines is 2. The molecule has 0 amide bonds. The summed E-state index contributed by atoms with van der Waals surface area (Å²) in [6.07, 6.45) is 5.24. The number of carbonyl (C=O) groups is 1. The number of ether oxygens (including phenoxy) is 3. The largest absolute Gasteiger partial charge is 0.493 e. The molecule has 0 aliphatic rings. The van der Waals surface area contributed by atoms with Crippen molar-refractivity contribution in [1.82, 2.24) is 9.97 Å². The Kier molecular flexibility index (Phi) is 10.5. The Morgan fingerprint density at radius 3 is 2.60 bits per heavy atom. The van der Waals surface area contributed by atoms with Crippen LogP contribution in [0.5, 0.6) is 17.2 Å². The molecule has 4 aromatic rings. The van der Waals surface area contributed by atoms with E-state index in [4.69, 9.17) is 30.9 Å². The standard InChI is InChI=1S/C30H31ClFN3O5/c1-38-28-16-26-24(15-29(28)39-12-5-3-2-4-9-23(37)17-36)30(34-19-33-26)35-22-10-11-27(25(31)14-22)40-18-20-7-6-8-21(32)13-20/h6-8,10-11,13-16,19,36H,2-5,9,12,17-18H2,1H3,(H,33,34,35). The van der Waals surface area contributed by atoms with Crippen molar-refractivity contribution in [3.8, 4) is 17.2 Å². The highest BCUT2D eigenvalue weighted by Gasteiger charge is 2.13. The summed E-state index contributed by atoms with van der Waals surface area (Å²) in [5.74, 6) is 1.73. The Balaban J connectivity index is 1.41. The van der Waals surface area contributed by atoms with Crippen molar-refractivity contribution in [3.05, 3.63) is 77.3 Å². The van der Waals surface area contributed by atoms with Crippen LogP contribution in [0, 0.1) is 5.82 Å². The maximum Gasteiger partial charge on any atom is 0.162 e. The van der Waals surface area contributed by atoms with Gasteiger partial charge in [-0.05, 0) is 54.8 Å². The van der Waals surface area contributed by atoms with Crippen LogP contribution in [0.4, 0.5) is 15.9 Å². The number of methoxy groups -OCH3 is 1. The van der Waals surface area contributed by atoms with E-state index < -0.39 is 6.61 Å². The van der Waals surface area contributed by atoms with Crippen LogP contribution in [0.2, 0.25) is 5.02 Å². The van der Waals surface area contributed by atoms with Gasteiger partial charge in [0.25, 0.3) is 0 Å². The molecule has 40 heavy (non-hydrogen) atoms. The summed E-state index contributed by atoms with van der Waals surface area (Å²) in [6, 6.07) is 15.1. The molecule has 3 aromatic carbocycles. The number of nitrogens with zero attached hydrogens (tertiary/aromatic N) is 2. The van der Waals surface area contributed by atoms with Gasteiger partial charge in [0.05, 0.1) is 24.3 Å². The molecule has 0 fully saturated rings. The zero-order valence-corrected chi connectivity index (χ0v) is 22.9. The smallest absolute Gasteiger partial charge is 0.162 e. The van der Waals surface area contributed by atoms with E-state index in [-0.39, 0.29) is 18.2 Å². The van der Waals surface area contributed by atoms with E-state index in [0.717, 1.165) is 31.1 Å². The van der Waals surface area contributed by atoms with Crippen LogP contribution in [0.25, 0.3) is 10.9 Å². The number of aliphatic hydroxyl groups is 1. The topological polar surface area (TPSA) is 103 Å². The molecule has 210 valence electrons. The lowest BCUT2D eigenvalue weighted by atomic mass is 10.1. The van der Waals surface area contributed by atoms with Crippen molar-refractivity contribution in [1.29, 1.82) is 0 Å². The number of unbranched alkanes of at least 4 members (excludes halogenated alkanes) is 3. The lowest BCUT2D eigenvalue weighted by Crippen LogP contribution is -2.03. The normalized spacial score (nSPS) is 10.9. The molecular formula is C30H31ClFN3O5. The molecule has 0 saturated heterocycles. The molecule has 0 aliphatic heterocycles. The summed E-state index contributed by atoms with van der Waals surface area (Å²) < 4.78 is 30.7. The molecule has 0 atom stereocenters. The van der Waals surface area contributed by atoms with Crippen LogP contribution in [-0.4, -0.2) is 41.2 Å². The van der Waals surface area contributed by atoms with E-state index in [1.807, 2.05) is 12.1 Å². The Labute approximate surface area is 237 Å². The lowest BCUT2D eigenvalue weighted by Gasteiger charge is -2.14. The van der Waals surface area contributed by atoms with Crippen LogP contribution in [-0.2, 0) is 11.4 Å². The molecule has 0 bridgehead atoms. The highest BCUT2D eigenvalue weighted by molar-refractivity contribution is 6.32. The molecule has 0 spiro atoms. The predicted molar refractivity (Wildman–Crippen MR) is 152 cm³/mol. The number of hydrogen-bond acceptors (Lipinski definition) is 8. The molecule has 0 unspecified atom stereocenters. The summed E-state index contributed by atoms with van der Waals surface area (Å²) in [6.45, 7) is 0.282. The highest BCUT2D eigenvalue weighted by atomic mass is 35.5. The second-order valence-corrected chi connectivity index (χ2v) is 9.55. The summed E-state index contributed by atoms with van der Waals surface area (Å²) in [4.78, 5) is 20.0. The van der Waals surface area contributed by atoms with Gasteiger partial charge in [0.2, 0.25) is 0 Å². The second kappa shape index (κ2) is 14.4. The van der Waals surface area contributed by atoms with Crippen LogP contribution >= 0.6 is 11.6 Å². The number of benzene rings is 3. The second-order valence-electron chi connectivity index (χ2n) is 9.14. The number of hydrogen-bond donors (Lipinski definition) is 2. The number of rotatable bonds is 15. The molecule has 2 N–H and O–H groups in total. The van der Waals surface area contributed by atoms with Crippen molar-refractivity contribution in [2.45, 2.75) is 38.7 Å². The molecule has 0 aliphatic carbocycles. The molecule has 4 rings (SSSR count). The maximum absolute atomic E-state index is 13.4. The number of fused-ring (bicyclic) bond motifs is 1. The minimum Gasteiger partial charge on any atom is -0.493 e. The van der Waals surface area contributed by atoms with Gasteiger partial charge in [-0.1, -0.05) is 36.6 Å². The van der Waals surface area contributed by atoms with Crippen molar-refractivity contribution in [2.24, 2.45) is 0 Å². The summed E-state index contributed by atoms with van der Waals surface area (Å²) in [5.41, 5.74) is 2.08. The van der Waals surface area contributed by atoms with E-state index >= 15 is 0 Å². The zero-order chi connectivity index (χ0) is 28.3. The SMILES string of the molecule is COc1cc2ncnc(Nc3ccc(OCc4cccc(F)c4)c(Cl)c3)c2cc1OCCCCCCC(=O)CO. The lowest BCUT2D eigenvalue weighted by molar-refractivity contribution is -0.121. The van der Waals surface area contributed by atoms with Gasteiger partial charge in [0.15, 0.2) is 17.3 Å². The zero-order valence-electron chi connectivity index (χ0n) is 22.2. The molecule has 0 radical (unpaired) electrons. The van der Waals surface area contributed by atoms with Gasteiger partial charge < -0.3 is 24.6 Å². The van der Waals surface area contributed by atoms with Gasteiger partial charge >= 0.3 is 0 Å². The summed E-state index contributed by atoms with van der Waals surface area (Å²) in [5, 5.41) is 13.2. The van der Waals surface area contributed by atoms with Gasteiger partial charge in [0, 0.05) is 23.6 Å².